The molecule has 0 aromatic heterocycles. The monoisotopic (exact) mass is 291 g/mol. The maximum Gasteiger partial charge on any atom is 0.223 e. The predicted molar refractivity (Wildman–Crippen MR) is 69.7 cm³/mol. The number of hydrogen-bond donors (Lipinski definition) is 1. The second kappa shape index (κ2) is 7.25. The zero-order chi connectivity index (χ0) is 12.0. The van der Waals surface area contributed by atoms with Crippen molar-refractivity contribution >= 4 is 21.8 Å². The fourth-order valence-electron chi connectivity index (χ4n) is 1.94. The quantitative estimate of drug-likeness (QED) is 0.701. The van der Waals surface area contributed by atoms with Gasteiger partial charge in [-0.1, -0.05) is 15.9 Å². The van der Waals surface area contributed by atoms with E-state index in [0.717, 1.165) is 45.6 Å². The number of rotatable bonds is 7. The highest BCUT2D eigenvalue weighted by Crippen LogP contribution is 2.17. The third-order valence-corrected chi connectivity index (χ3v) is 3.49. The highest BCUT2D eigenvalue weighted by molar-refractivity contribution is 9.09. The molecular formula is C11H22BrN3O. The van der Waals surface area contributed by atoms with Crippen molar-refractivity contribution in [2.75, 3.05) is 39.8 Å². The Kier molecular flexibility index (Phi) is 6.31. The van der Waals surface area contributed by atoms with E-state index in [-0.39, 0.29) is 5.91 Å². The molecule has 0 aromatic rings. The van der Waals surface area contributed by atoms with E-state index < -0.39 is 0 Å². The third-order valence-electron chi connectivity index (χ3n) is 2.88. The second-order valence-electron chi connectivity index (χ2n) is 4.44. The van der Waals surface area contributed by atoms with Crippen LogP contribution in [0.2, 0.25) is 0 Å². The van der Waals surface area contributed by atoms with Crippen molar-refractivity contribution in [2.24, 2.45) is 5.73 Å². The van der Waals surface area contributed by atoms with Crippen molar-refractivity contribution in [3.05, 3.63) is 0 Å². The zero-order valence-corrected chi connectivity index (χ0v) is 11.6. The van der Waals surface area contributed by atoms with E-state index in [4.69, 9.17) is 5.73 Å². The van der Waals surface area contributed by atoms with E-state index in [9.17, 15) is 4.79 Å². The van der Waals surface area contributed by atoms with Crippen LogP contribution in [0.4, 0.5) is 0 Å². The van der Waals surface area contributed by atoms with Crippen molar-refractivity contribution in [2.45, 2.75) is 24.1 Å². The molecule has 1 rings (SSSR count). The summed E-state index contributed by atoms with van der Waals surface area (Å²) < 4.78 is 0. The molecule has 1 aliphatic rings. The first kappa shape index (κ1) is 13.9. The number of carbonyl (C=O) groups excluding carboxylic acids is 1. The topological polar surface area (TPSA) is 49.6 Å². The summed E-state index contributed by atoms with van der Waals surface area (Å²) in [6.45, 7) is 4.59. The van der Waals surface area contributed by atoms with Gasteiger partial charge in [0, 0.05) is 24.3 Å². The Morgan fingerprint density at radius 1 is 1.50 bits per heavy atom. The molecule has 2 N–H and O–H groups in total. The van der Waals surface area contributed by atoms with Crippen LogP contribution >= 0.6 is 15.9 Å². The molecule has 4 nitrogen and oxygen atoms in total. The fraction of sp³-hybridized carbons (Fsp3) is 0.909. The van der Waals surface area contributed by atoms with Crippen LogP contribution in [0.1, 0.15) is 19.3 Å². The van der Waals surface area contributed by atoms with Crippen LogP contribution in [0.25, 0.3) is 0 Å². The first-order valence-electron chi connectivity index (χ1n) is 5.94. The standard InChI is InChI=1S/C11H22BrN3O/c1-14(5-2-4-13)6-3-7-15-9-10(12)8-11(15)16/h10H,2-9,13H2,1H3. The SMILES string of the molecule is CN(CCCN)CCCN1CC(Br)CC1=O. The van der Waals surface area contributed by atoms with Gasteiger partial charge in [0.05, 0.1) is 0 Å². The Bertz CT molecular complexity index is 225. The maximum absolute atomic E-state index is 11.5. The van der Waals surface area contributed by atoms with Gasteiger partial charge in [-0.3, -0.25) is 4.79 Å². The summed E-state index contributed by atoms with van der Waals surface area (Å²) in [5.41, 5.74) is 5.45. The van der Waals surface area contributed by atoms with Gasteiger partial charge in [-0.05, 0) is 39.5 Å². The molecule has 1 unspecified atom stereocenters. The van der Waals surface area contributed by atoms with Gasteiger partial charge in [0.2, 0.25) is 5.91 Å². The average Bonchev–Trinajstić information content (AvgIpc) is 2.55. The molecule has 5 heteroatoms. The van der Waals surface area contributed by atoms with Crippen LogP contribution in [-0.4, -0.2) is 60.3 Å². The molecular weight excluding hydrogens is 270 g/mol. The first-order valence-corrected chi connectivity index (χ1v) is 6.85. The Morgan fingerprint density at radius 2 is 2.19 bits per heavy atom. The van der Waals surface area contributed by atoms with Gasteiger partial charge >= 0.3 is 0 Å². The second-order valence-corrected chi connectivity index (χ2v) is 5.74. The van der Waals surface area contributed by atoms with Gasteiger partial charge in [-0.2, -0.15) is 0 Å². The summed E-state index contributed by atoms with van der Waals surface area (Å²) in [5, 5.41) is 0. The third kappa shape index (κ3) is 4.80. The molecule has 1 fully saturated rings. The number of likely N-dealkylation sites (tertiary alicyclic amines) is 1. The number of hydrogen-bond acceptors (Lipinski definition) is 3. The minimum Gasteiger partial charge on any atom is -0.341 e. The Hall–Kier alpha value is -0.130. The van der Waals surface area contributed by atoms with Crippen LogP contribution in [-0.2, 0) is 4.79 Å². The van der Waals surface area contributed by atoms with Crippen molar-refractivity contribution in [1.82, 2.24) is 9.80 Å². The van der Waals surface area contributed by atoms with Crippen LogP contribution in [0, 0.1) is 0 Å². The molecule has 1 heterocycles. The summed E-state index contributed by atoms with van der Waals surface area (Å²) in [5.74, 6) is 0.284. The van der Waals surface area contributed by atoms with Crippen molar-refractivity contribution in [3.8, 4) is 0 Å². The largest absolute Gasteiger partial charge is 0.341 e. The number of halogens is 1. The molecule has 0 bridgehead atoms. The van der Waals surface area contributed by atoms with E-state index in [2.05, 4.69) is 27.9 Å². The Balaban J connectivity index is 2.08. The Labute approximate surface area is 106 Å². The molecule has 1 amide bonds. The lowest BCUT2D eigenvalue weighted by atomic mass is 10.3. The molecule has 1 aliphatic heterocycles. The van der Waals surface area contributed by atoms with Crippen LogP contribution < -0.4 is 5.73 Å². The first-order chi connectivity index (χ1) is 7.63. The van der Waals surface area contributed by atoms with Crippen LogP contribution in [0.15, 0.2) is 0 Å². The molecule has 1 saturated heterocycles. The van der Waals surface area contributed by atoms with Crippen molar-refractivity contribution in [1.29, 1.82) is 0 Å². The number of amides is 1. The number of carbonyl (C=O) groups is 1. The number of nitrogens with zero attached hydrogens (tertiary/aromatic N) is 2. The molecule has 0 spiro atoms. The van der Waals surface area contributed by atoms with Crippen molar-refractivity contribution < 1.29 is 4.79 Å². The van der Waals surface area contributed by atoms with Gasteiger partial charge in [0.25, 0.3) is 0 Å². The molecule has 0 aliphatic carbocycles. The van der Waals surface area contributed by atoms with E-state index in [1.54, 1.807) is 0 Å². The van der Waals surface area contributed by atoms with Crippen LogP contribution in [0.5, 0.6) is 0 Å². The van der Waals surface area contributed by atoms with E-state index in [1.165, 1.54) is 0 Å². The van der Waals surface area contributed by atoms with Gasteiger partial charge in [0.15, 0.2) is 0 Å². The lowest BCUT2D eigenvalue weighted by molar-refractivity contribution is -0.127. The molecule has 16 heavy (non-hydrogen) atoms. The van der Waals surface area contributed by atoms with E-state index in [0.29, 0.717) is 11.2 Å². The lowest BCUT2D eigenvalue weighted by Crippen LogP contribution is -2.30. The average molecular weight is 292 g/mol. The van der Waals surface area contributed by atoms with Gasteiger partial charge in [-0.15, -0.1) is 0 Å². The summed E-state index contributed by atoms with van der Waals surface area (Å²) >= 11 is 3.49. The van der Waals surface area contributed by atoms with Gasteiger partial charge in [0.1, 0.15) is 0 Å². The molecule has 94 valence electrons. The summed E-state index contributed by atoms with van der Waals surface area (Å²) in [6, 6.07) is 0. The molecule has 0 radical (unpaired) electrons. The Morgan fingerprint density at radius 3 is 2.75 bits per heavy atom. The number of alkyl halides is 1. The fourth-order valence-corrected chi connectivity index (χ4v) is 2.57. The minimum atomic E-state index is 0.284. The minimum absolute atomic E-state index is 0.284. The van der Waals surface area contributed by atoms with Crippen LogP contribution in [0.3, 0.4) is 0 Å². The summed E-state index contributed by atoms with van der Waals surface area (Å²) in [4.78, 5) is 16.1. The normalized spacial score (nSPS) is 21.1. The maximum atomic E-state index is 11.5. The van der Waals surface area contributed by atoms with Gasteiger partial charge in [-0.25, -0.2) is 0 Å². The predicted octanol–water partition coefficient (Wildman–Crippen LogP) is 0.653. The van der Waals surface area contributed by atoms with Crippen molar-refractivity contribution in [3.63, 3.8) is 0 Å². The van der Waals surface area contributed by atoms with E-state index >= 15 is 0 Å². The highest BCUT2D eigenvalue weighted by Gasteiger charge is 2.26. The van der Waals surface area contributed by atoms with E-state index in [1.807, 2.05) is 4.90 Å². The summed E-state index contributed by atoms with van der Waals surface area (Å²) in [7, 11) is 2.11. The smallest absolute Gasteiger partial charge is 0.223 e. The van der Waals surface area contributed by atoms with Gasteiger partial charge < -0.3 is 15.5 Å². The summed E-state index contributed by atoms with van der Waals surface area (Å²) in [6.07, 6.45) is 2.75. The molecule has 0 saturated carbocycles. The molecule has 1 atom stereocenters. The highest BCUT2D eigenvalue weighted by atomic mass is 79.9. The molecule has 0 aromatic carbocycles. The zero-order valence-electron chi connectivity index (χ0n) is 9.99. The number of nitrogens with two attached hydrogens (primary N) is 1. The lowest BCUT2D eigenvalue weighted by Gasteiger charge is -2.19.